The summed E-state index contributed by atoms with van der Waals surface area (Å²) in [6.45, 7) is 6.75. The molecule has 110 valence electrons. The van der Waals surface area contributed by atoms with Crippen molar-refractivity contribution in [3.8, 4) is 0 Å². The monoisotopic (exact) mass is 279 g/mol. The summed E-state index contributed by atoms with van der Waals surface area (Å²) in [5, 5.41) is 2.85. The Balaban J connectivity index is 1.70. The third kappa shape index (κ3) is 1.64. The van der Waals surface area contributed by atoms with E-state index in [9.17, 15) is 4.79 Å². The molecule has 0 radical (unpaired) electrons. The van der Waals surface area contributed by atoms with E-state index in [4.69, 9.17) is 14.9 Å². The lowest BCUT2D eigenvalue weighted by Crippen LogP contribution is -2.80. The smallest absolute Gasteiger partial charge is 0.241 e. The maximum atomic E-state index is 12.5. The quantitative estimate of drug-likeness (QED) is 0.851. The van der Waals surface area contributed by atoms with E-state index in [-0.39, 0.29) is 29.9 Å². The molecular weight excluding hydrogens is 258 g/mol. The number of rotatable bonds is 3. The van der Waals surface area contributed by atoms with Crippen LogP contribution in [0.4, 0.5) is 0 Å². The van der Waals surface area contributed by atoms with E-state index in [1.165, 1.54) is 0 Å². The zero-order valence-electron chi connectivity index (χ0n) is 12.1. The number of fused-ring (bicyclic) bond motifs is 1. The van der Waals surface area contributed by atoms with Gasteiger partial charge in [0.15, 0.2) is 0 Å². The van der Waals surface area contributed by atoms with Gasteiger partial charge in [0, 0.05) is 17.9 Å². The van der Waals surface area contributed by atoms with Crippen molar-refractivity contribution >= 4 is 5.91 Å². The highest BCUT2D eigenvalue weighted by Gasteiger charge is 2.71. The highest BCUT2D eigenvalue weighted by Crippen LogP contribution is 2.58. The van der Waals surface area contributed by atoms with Gasteiger partial charge >= 0.3 is 0 Å². The predicted octanol–water partition coefficient (Wildman–Crippen LogP) is 0.742. The van der Waals surface area contributed by atoms with Gasteiger partial charge in [0.1, 0.15) is 11.3 Å². The van der Waals surface area contributed by atoms with Crippen LogP contribution in [-0.2, 0) is 16.1 Å². The van der Waals surface area contributed by atoms with Crippen LogP contribution in [-0.4, -0.2) is 29.1 Å². The van der Waals surface area contributed by atoms with E-state index in [2.05, 4.69) is 10.3 Å². The number of nitrogens with zero attached hydrogens (tertiary/aromatic N) is 1. The van der Waals surface area contributed by atoms with Crippen LogP contribution in [0.15, 0.2) is 10.6 Å². The standard InChI is InChI=1S/C14H21N3O3/c1-8-6-16-10(20-8)7-17-12(18)14(15)9-4-5-19-11(9)13(14,2)3/h6,9,11H,4-5,7,15H2,1-3H3,(H,17,18). The zero-order valence-corrected chi connectivity index (χ0v) is 12.1. The zero-order chi connectivity index (χ0) is 14.5. The number of ether oxygens (including phenoxy) is 1. The largest absolute Gasteiger partial charge is 0.444 e. The molecule has 1 aliphatic heterocycles. The van der Waals surface area contributed by atoms with Gasteiger partial charge in [-0.25, -0.2) is 4.98 Å². The van der Waals surface area contributed by atoms with Crippen LogP contribution in [0.5, 0.6) is 0 Å². The first-order valence-corrected chi connectivity index (χ1v) is 6.97. The SMILES string of the molecule is Cc1cnc(CNC(=O)C2(N)C3CCOC3C2(C)C)o1. The van der Waals surface area contributed by atoms with Crippen LogP contribution in [0.3, 0.4) is 0 Å². The van der Waals surface area contributed by atoms with Gasteiger partial charge in [-0.2, -0.15) is 0 Å². The Labute approximate surface area is 118 Å². The molecule has 1 aliphatic carbocycles. The van der Waals surface area contributed by atoms with Crippen molar-refractivity contribution in [2.75, 3.05) is 6.61 Å². The Bertz CT molecular complexity index is 540. The third-order valence-corrected chi connectivity index (χ3v) is 4.90. The molecule has 2 aliphatic rings. The number of aromatic nitrogens is 1. The molecule has 2 heterocycles. The van der Waals surface area contributed by atoms with Crippen molar-refractivity contribution < 1.29 is 13.9 Å². The minimum Gasteiger partial charge on any atom is -0.444 e. The number of hydrogen-bond donors (Lipinski definition) is 2. The number of oxazole rings is 1. The summed E-state index contributed by atoms with van der Waals surface area (Å²) in [6, 6.07) is 0. The van der Waals surface area contributed by atoms with E-state index in [1.807, 2.05) is 20.8 Å². The van der Waals surface area contributed by atoms with Gasteiger partial charge < -0.3 is 20.2 Å². The number of amides is 1. The normalized spacial score (nSPS) is 34.4. The Hall–Kier alpha value is -1.40. The average Bonchev–Trinajstić information content (AvgIpc) is 3.02. The van der Waals surface area contributed by atoms with Crippen LogP contribution in [0.2, 0.25) is 0 Å². The molecule has 20 heavy (non-hydrogen) atoms. The van der Waals surface area contributed by atoms with E-state index in [0.29, 0.717) is 12.5 Å². The molecule has 2 fully saturated rings. The molecule has 0 bridgehead atoms. The molecule has 1 saturated carbocycles. The summed E-state index contributed by atoms with van der Waals surface area (Å²) < 4.78 is 11.0. The topological polar surface area (TPSA) is 90.4 Å². The molecule has 3 atom stereocenters. The average molecular weight is 279 g/mol. The number of nitrogens with one attached hydrogen (secondary N) is 1. The van der Waals surface area contributed by atoms with Gasteiger partial charge in [0.25, 0.3) is 0 Å². The van der Waals surface area contributed by atoms with Gasteiger partial charge in [0.2, 0.25) is 11.8 Å². The van der Waals surface area contributed by atoms with E-state index < -0.39 is 5.54 Å². The molecule has 3 N–H and O–H groups in total. The summed E-state index contributed by atoms with van der Waals surface area (Å²) in [4.78, 5) is 16.6. The molecule has 3 rings (SSSR count). The lowest BCUT2D eigenvalue weighted by molar-refractivity contribution is -0.175. The van der Waals surface area contributed by atoms with E-state index in [0.717, 1.165) is 12.2 Å². The van der Waals surface area contributed by atoms with Gasteiger partial charge in [-0.1, -0.05) is 13.8 Å². The molecule has 6 nitrogen and oxygen atoms in total. The Morgan fingerprint density at radius 2 is 2.35 bits per heavy atom. The van der Waals surface area contributed by atoms with Gasteiger partial charge in [-0.3, -0.25) is 4.79 Å². The fourth-order valence-electron chi connectivity index (χ4n) is 3.63. The maximum Gasteiger partial charge on any atom is 0.241 e. The second-order valence-corrected chi connectivity index (χ2v) is 6.32. The molecule has 0 aromatic carbocycles. The Kier molecular flexibility index (Phi) is 2.92. The number of aryl methyl sites for hydroxylation is 1. The first kappa shape index (κ1) is 13.6. The fourth-order valence-corrected chi connectivity index (χ4v) is 3.63. The van der Waals surface area contributed by atoms with E-state index >= 15 is 0 Å². The van der Waals surface area contributed by atoms with Crippen molar-refractivity contribution in [3.05, 3.63) is 17.8 Å². The molecule has 1 saturated heterocycles. The number of carbonyl (C=O) groups is 1. The Morgan fingerprint density at radius 1 is 1.60 bits per heavy atom. The predicted molar refractivity (Wildman–Crippen MR) is 71.6 cm³/mol. The first-order valence-electron chi connectivity index (χ1n) is 6.97. The summed E-state index contributed by atoms with van der Waals surface area (Å²) in [7, 11) is 0. The molecule has 3 unspecified atom stereocenters. The summed E-state index contributed by atoms with van der Waals surface area (Å²) >= 11 is 0. The lowest BCUT2D eigenvalue weighted by Gasteiger charge is -2.60. The molecular formula is C14H21N3O3. The molecule has 1 aromatic rings. The van der Waals surface area contributed by atoms with Crippen molar-refractivity contribution in [1.82, 2.24) is 10.3 Å². The van der Waals surface area contributed by atoms with Crippen LogP contribution in [0.1, 0.15) is 31.9 Å². The van der Waals surface area contributed by atoms with Crippen LogP contribution in [0.25, 0.3) is 0 Å². The van der Waals surface area contributed by atoms with Gasteiger partial charge in [0.05, 0.1) is 18.8 Å². The third-order valence-electron chi connectivity index (χ3n) is 4.90. The lowest BCUT2D eigenvalue weighted by atomic mass is 9.48. The highest BCUT2D eigenvalue weighted by molar-refractivity contribution is 5.89. The van der Waals surface area contributed by atoms with Crippen LogP contribution >= 0.6 is 0 Å². The summed E-state index contributed by atoms with van der Waals surface area (Å²) in [5.41, 5.74) is 5.20. The maximum absolute atomic E-state index is 12.5. The minimum atomic E-state index is -0.879. The van der Waals surface area contributed by atoms with Crippen molar-refractivity contribution in [3.63, 3.8) is 0 Å². The summed E-state index contributed by atoms with van der Waals surface area (Å²) in [5.74, 6) is 1.18. The highest BCUT2D eigenvalue weighted by atomic mass is 16.5. The molecule has 0 spiro atoms. The van der Waals surface area contributed by atoms with Crippen LogP contribution in [0, 0.1) is 18.3 Å². The van der Waals surface area contributed by atoms with Crippen LogP contribution < -0.4 is 11.1 Å². The molecule has 1 amide bonds. The fraction of sp³-hybridized carbons (Fsp3) is 0.714. The number of nitrogens with two attached hydrogens (primary N) is 1. The second kappa shape index (κ2) is 4.30. The first-order chi connectivity index (χ1) is 9.37. The van der Waals surface area contributed by atoms with Crippen molar-refractivity contribution in [1.29, 1.82) is 0 Å². The van der Waals surface area contributed by atoms with Gasteiger partial charge in [-0.15, -0.1) is 0 Å². The van der Waals surface area contributed by atoms with Gasteiger partial charge in [-0.05, 0) is 13.3 Å². The summed E-state index contributed by atoms with van der Waals surface area (Å²) in [6.07, 6.45) is 2.56. The van der Waals surface area contributed by atoms with Crippen molar-refractivity contribution in [2.24, 2.45) is 17.1 Å². The molecule has 6 heteroatoms. The molecule has 1 aromatic heterocycles. The Morgan fingerprint density at radius 3 is 3.00 bits per heavy atom. The minimum absolute atomic E-state index is 0.0854. The number of carbonyl (C=O) groups excluding carboxylic acids is 1. The van der Waals surface area contributed by atoms with Crippen molar-refractivity contribution in [2.45, 2.75) is 45.4 Å². The van der Waals surface area contributed by atoms with E-state index in [1.54, 1.807) is 6.20 Å². The second-order valence-electron chi connectivity index (χ2n) is 6.32. The number of hydrogen-bond acceptors (Lipinski definition) is 5.